The van der Waals surface area contributed by atoms with Gasteiger partial charge in [-0.1, -0.05) is 44.9 Å². The number of carbonyl (C=O) groups excluding carboxylic acids is 1. The molecule has 29 heavy (non-hydrogen) atoms. The lowest BCUT2D eigenvalue weighted by atomic mass is 9.86. The number of rotatable bonds is 15. The summed E-state index contributed by atoms with van der Waals surface area (Å²) in [6.07, 6.45) is 10.8. The van der Waals surface area contributed by atoms with Crippen LogP contribution < -0.4 is 5.26 Å². The molecule has 1 aliphatic carbocycles. The lowest BCUT2D eigenvalue weighted by Gasteiger charge is -2.21. The fourth-order valence-electron chi connectivity index (χ4n) is 3.41. The van der Waals surface area contributed by atoms with Gasteiger partial charge in [-0.15, -0.1) is 0 Å². The van der Waals surface area contributed by atoms with Crippen LogP contribution in [-0.4, -0.2) is 39.0 Å². The van der Waals surface area contributed by atoms with Gasteiger partial charge in [0.05, 0.1) is 37.4 Å². The molecule has 1 aromatic rings. The molecule has 8 heteroatoms. The third-order valence-electron chi connectivity index (χ3n) is 4.96. The second-order valence-electron chi connectivity index (χ2n) is 7.10. The molecular weight excluding hydrogens is 396 g/mol. The summed E-state index contributed by atoms with van der Waals surface area (Å²) in [6, 6.07) is 6.43. The Labute approximate surface area is 177 Å². The van der Waals surface area contributed by atoms with E-state index in [-0.39, 0.29) is 6.61 Å². The molecule has 1 fully saturated rings. The van der Waals surface area contributed by atoms with Gasteiger partial charge in [0.1, 0.15) is 6.61 Å². The van der Waals surface area contributed by atoms with Crippen molar-refractivity contribution in [3.63, 3.8) is 0 Å². The predicted octanol–water partition coefficient (Wildman–Crippen LogP) is 3.86. The van der Waals surface area contributed by atoms with Gasteiger partial charge >= 0.3 is 5.97 Å². The molecule has 1 aromatic carbocycles. The van der Waals surface area contributed by atoms with Gasteiger partial charge in [0.15, 0.2) is 0 Å². The number of hydrogen-bond donors (Lipinski definition) is 0. The van der Waals surface area contributed by atoms with Crippen LogP contribution in [0.3, 0.4) is 0 Å². The van der Waals surface area contributed by atoms with Crippen molar-refractivity contribution < 1.29 is 33.6 Å². The Kier molecular flexibility index (Phi) is 13.0. The molecule has 0 aromatic heterocycles. The van der Waals surface area contributed by atoms with Crippen LogP contribution in [0.25, 0.3) is 0 Å². The van der Waals surface area contributed by atoms with Crippen LogP contribution in [0.4, 0.5) is 0 Å². The molecular formula is C21H31O7S-. The van der Waals surface area contributed by atoms with Crippen molar-refractivity contribution in [2.75, 3.05) is 33.0 Å². The van der Waals surface area contributed by atoms with Gasteiger partial charge in [0.25, 0.3) is 0 Å². The maximum absolute atomic E-state index is 11.9. The second-order valence-corrected chi connectivity index (χ2v) is 7.88. The van der Waals surface area contributed by atoms with Crippen LogP contribution in [0, 0.1) is 5.92 Å². The fourth-order valence-corrected chi connectivity index (χ4v) is 3.76. The van der Waals surface area contributed by atoms with E-state index >= 15 is 0 Å². The first-order chi connectivity index (χ1) is 14.3. The van der Waals surface area contributed by atoms with E-state index in [0.717, 1.165) is 31.0 Å². The highest BCUT2D eigenvalue weighted by atomic mass is 32.2. The number of ether oxygens (including phenoxy) is 3. The lowest BCUT2D eigenvalue weighted by Crippen LogP contribution is -2.13. The third kappa shape index (κ3) is 11.0. The summed E-state index contributed by atoms with van der Waals surface area (Å²) in [5, 5.41) is 13.0. The molecule has 0 amide bonds. The van der Waals surface area contributed by atoms with E-state index in [0.29, 0.717) is 30.3 Å². The minimum atomic E-state index is -0.430. The van der Waals surface area contributed by atoms with E-state index in [1.54, 1.807) is 24.3 Å². The van der Waals surface area contributed by atoms with Gasteiger partial charge < -0.3 is 19.5 Å². The van der Waals surface area contributed by atoms with Crippen LogP contribution in [0.2, 0.25) is 0 Å². The van der Waals surface area contributed by atoms with Crippen LogP contribution in [0.5, 0.6) is 0 Å². The average Bonchev–Trinajstić information content (AvgIpc) is 2.77. The van der Waals surface area contributed by atoms with Crippen LogP contribution in [0.1, 0.15) is 61.7 Å². The quantitative estimate of drug-likeness (QED) is 0.137. The van der Waals surface area contributed by atoms with Crippen molar-refractivity contribution >= 4 is 18.0 Å². The highest BCUT2D eigenvalue weighted by Gasteiger charge is 2.12. The number of esters is 1. The minimum Gasteiger partial charge on any atom is -0.691 e. The smallest absolute Gasteiger partial charge is 0.338 e. The van der Waals surface area contributed by atoms with E-state index in [4.69, 9.17) is 14.2 Å². The number of hydrogen-bond acceptors (Lipinski definition) is 8. The van der Waals surface area contributed by atoms with Gasteiger partial charge in [-0.05, 0) is 36.6 Å². The molecule has 0 unspecified atom stereocenters. The third-order valence-corrected chi connectivity index (χ3v) is 5.54. The first-order valence-electron chi connectivity index (χ1n) is 10.4. The zero-order valence-electron chi connectivity index (χ0n) is 16.8. The van der Waals surface area contributed by atoms with Gasteiger partial charge in [-0.2, -0.15) is 4.33 Å². The monoisotopic (exact) mass is 427 g/mol. The molecule has 0 heterocycles. The molecule has 0 bridgehead atoms. The Balaban J connectivity index is 1.39. The average molecular weight is 428 g/mol. The van der Waals surface area contributed by atoms with Crippen molar-refractivity contribution in [1.82, 2.24) is 0 Å². The zero-order chi connectivity index (χ0) is 20.6. The maximum atomic E-state index is 11.9. The van der Waals surface area contributed by atoms with Crippen molar-refractivity contribution in [3.05, 3.63) is 29.8 Å². The minimum absolute atomic E-state index is 0.184. The van der Waals surface area contributed by atoms with E-state index in [9.17, 15) is 10.1 Å². The SMILES string of the molecule is O=C(OCCOCCOCCCCC1CCCCC1)c1ccc(SOO[O-])cc1. The molecule has 164 valence electrons. The largest absolute Gasteiger partial charge is 0.691 e. The Morgan fingerprint density at radius 1 is 0.931 bits per heavy atom. The summed E-state index contributed by atoms with van der Waals surface area (Å²) in [7, 11) is 0. The van der Waals surface area contributed by atoms with E-state index in [2.05, 4.69) is 9.37 Å². The van der Waals surface area contributed by atoms with Crippen molar-refractivity contribution in [2.45, 2.75) is 56.3 Å². The first kappa shape index (κ1) is 24.1. The molecule has 1 aliphatic rings. The number of carbonyl (C=O) groups is 1. The van der Waals surface area contributed by atoms with E-state index < -0.39 is 5.97 Å². The van der Waals surface area contributed by atoms with Crippen LogP contribution >= 0.6 is 12.0 Å². The maximum Gasteiger partial charge on any atom is 0.338 e. The first-order valence-corrected chi connectivity index (χ1v) is 11.1. The van der Waals surface area contributed by atoms with Crippen LogP contribution in [0.15, 0.2) is 29.2 Å². The summed E-state index contributed by atoms with van der Waals surface area (Å²) in [5.41, 5.74) is 0.411. The van der Waals surface area contributed by atoms with Crippen molar-refractivity contribution in [1.29, 1.82) is 0 Å². The van der Waals surface area contributed by atoms with Gasteiger partial charge in [-0.3, -0.25) is 5.04 Å². The molecule has 0 atom stereocenters. The molecule has 0 spiro atoms. The van der Waals surface area contributed by atoms with Gasteiger partial charge in [0, 0.05) is 11.5 Å². The molecule has 1 saturated carbocycles. The molecule has 2 rings (SSSR count). The number of benzene rings is 1. The van der Waals surface area contributed by atoms with Gasteiger partial charge in [-0.25, -0.2) is 4.79 Å². The fraction of sp³-hybridized carbons (Fsp3) is 0.667. The number of unbranched alkanes of at least 4 members (excludes halogenated alkanes) is 1. The summed E-state index contributed by atoms with van der Waals surface area (Å²) in [4.78, 5) is 12.5. The van der Waals surface area contributed by atoms with E-state index in [1.807, 2.05) is 0 Å². The Bertz CT molecular complexity index is 546. The highest BCUT2D eigenvalue weighted by Crippen LogP contribution is 2.27. The summed E-state index contributed by atoms with van der Waals surface area (Å²) in [5.74, 6) is 0.513. The Morgan fingerprint density at radius 2 is 1.62 bits per heavy atom. The molecule has 0 radical (unpaired) electrons. The standard InChI is InChI=1S/C21H32O7S/c22-21(19-9-11-20(12-10-19)29-28-27-23)26-17-16-25-15-14-24-13-5-4-8-18-6-2-1-3-7-18/h9-12,18,23H,1-8,13-17H2/p-1. The topological polar surface area (TPSA) is 86.3 Å². The lowest BCUT2D eigenvalue weighted by molar-refractivity contribution is -0.777. The van der Waals surface area contributed by atoms with Crippen molar-refractivity contribution in [2.24, 2.45) is 5.92 Å². The second kappa shape index (κ2) is 15.6. The molecule has 0 aliphatic heterocycles. The summed E-state index contributed by atoms with van der Waals surface area (Å²) in [6.45, 7) is 2.36. The molecule has 0 N–H and O–H groups in total. The highest BCUT2D eigenvalue weighted by molar-refractivity contribution is 7.94. The van der Waals surface area contributed by atoms with Crippen LogP contribution in [-0.2, 0) is 23.6 Å². The molecule has 7 nitrogen and oxygen atoms in total. The summed E-state index contributed by atoms with van der Waals surface area (Å²) >= 11 is 0.764. The Morgan fingerprint density at radius 3 is 2.34 bits per heavy atom. The summed E-state index contributed by atoms with van der Waals surface area (Å²) < 4.78 is 20.4. The van der Waals surface area contributed by atoms with Gasteiger partial charge in [0.2, 0.25) is 0 Å². The Hall–Kier alpha value is -1.16. The van der Waals surface area contributed by atoms with Crippen molar-refractivity contribution in [3.8, 4) is 0 Å². The molecule has 0 saturated heterocycles. The normalized spacial score (nSPS) is 14.8. The van der Waals surface area contributed by atoms with E-state index in [1.165, 1.54) is 44.9 Å². The predicted molar refractivity (Wildman–Crippen MR) is 107 cm³/mol. The zero-order valence-corrected chi connectivity index (χ0v) is 17.7.